The predicted molar refractivity (Wildman–Crippen MR) is 75.5 cm³/mol. The van der Waals surface area contributed by atoms with Crippen LogP contribution in [0.2, 0.25) is 0 Å². The molecule has 0 aliphatic rings. The Hall–Kier alpha value is -2.96. The van der Waals surface area contributed by atoms with Gasteiger partial charge in [0.1, 0.15) is 5.75 Å². The first-order chi connectivity index (χ1) is 10.3. The first-order valence-electron chi connectivity index (χ1n) is 6.28. The molecule has 106 valence electrons. The normalized spacial score (nSPS) is 10.5. The van der Waals surface area contributed by atoms with Crippen molar-refractivity contribution in [1.29, 1.82) is 0 Å². The number of ether oxygens (including phenoxy) is 1. The van der Waals surface area contributed by atoms with Crippen LogP contribution in [-0.2, 0) is 6.42 Å². The molecule has 1 aromatic carbocycles. The fraction of sp³-hybridized carbons (Fsp3) is 0.143. The number of nitrogens with zero attached hydrogens (tertiary/aromatic N) is 4. The van der Waals surface area contributed by atoms with E-state index < -0.39 is 0 Å². The number of nitrogens with two attached hydrogens (primary N) is 1. The van der Waals surface area contributed by atoms with Crippen LogP contribution in [0.4, 0.5) is 5.82 Å². The summed E-state index contributed by atoms with van der Waals surface area (Å²) >= 11 is 0. The maximum atomic E-state index is 5.73. The first-order valence-corrected chi connectivity index (χ1v) is 6.28. The number of anilines is 1. The number of hydrogen-bond donors (Lipinski definition) is 1. The monoisotopic (exact) mass is 283 g/mol. The Balaban J connectivity index is 1.84. The first kappa shape index (κ1) is 13.0. The van der Waals surface area contributed by atoms with Crippen molar-refractivity contribution in [3.8, 4) is 17.3 Å². The molecule has 7 nitrogen and oxygen atoms in total. The van der Waals surface area contributed by atoms with Crippen LogP contribution in [0, 0.1) is 0 Å². The molecule has 21 heavy (non-hydrogen) atoms. The van der Waals surface area contributed by atoms with Crippen molar-refractivity contribution in [2.75, 3.05) is 12.8 Å². The minimum Gasteiger partial charge on any atom is -0.497 e. The van der Waals surface area contributed by atoms with Gasteiger partial charge < -0.3 is 15.0 Å². The molecule has 2 N–H and O–H groups in total. The van der Waals surface area contributed by atoms with Crippen LogP contribution < -0.4 is 10.5 Å². The van der Waals surface area contributed by atoms with Crippen molar-refractivity contribution < 1.29 is 9.26 Å². The Bertz CT molecular complexity index is 756. The van der Waals surface area contributed by atoms with Gasteiger partial charge >= 0.3 is 0 Å². The Morgan fingerprint density at radius 1 is 1.24 bits per heavy atom. The average Bonchev–Trinajstić information content (AvgIpc) is 2.96. The molecule has 0 unspecified atom stereocenters. The lowest BCUT2D eigenvalue weighted by Crippen LogP contribution is -1.96. The molecule has 0 amide bonds. The zero-order valence-corrected chi connectivity index (χ0v) is 11.4. The van der Waals surface area contributed by atoms with Crippen molar-refractivity contribution in [2.45, 2.75) is 6.42 Å². The molecule has 0 bridgehead atoms. The van der Waals surface area contributed by atoms with Gasteiger partial charge in [-0.05, 0) is 17.7 Å². The van der Waals surface area contributed by atoms with Crippen LogP contribution in [0.15, 0.2) is 41.2 Å². The molecule has 0 aliphatic heterocycles. The van der Waals surface area contributed by atoms with Gasteiger partial charge in [0.2, 0.25) is 0 Å². The Kier molecular flexibility index (Phi) is 3.46. The van der Waals surface area contributed by atoms with Gasteiger partial charge in [-0.25, -0.2) is 9.97 Å². The van der Waals surface area contributed by atoms with Gasteiger partial charge in [0.15, 0.2) is 17.3 Å². The Morgan fingerprint density at radius 2 is 2.10 bits per heavy atom. The van der Waals surface area contributed by atoms with Gasteiger partial charge in [-0.2, -0.15) is 4.98 Å². The SMILES string of the molecule is COc1cccc(Cc2noc(-c3nccnc3N)n2)c1. The lowest BCUT2D eigenvalue weighted by molar-refractivity contribution is 0.414. The third-order valence-corrected chi connectivity index (χ3v) is 2.89. The van der Waals surface area contributed by atoms with Gasteiger partial charge in [-0.1, -0.05) is 17.3 Å². The number of nitrogen functional groups attached to an aromatic ring is 1. The van der Waals surface area contributed by atoms with E-state index in [0.717, 1.165) is 11.3 Å². The van der Waals surface area contributed by atoms with E-state index >= 15 is 0 Å². The third-order valence-electron chi connectivity index (χ3n) is 2.89. The van der Waals surface area contributed by atoms with E-state index in [9.17, 15) is 0 Å². The highest BCUT2D eigenvalue weighted by molar-refractivity contribution is 5.61. The zero-order valence-electron chi connectivity index (χ0n) is 11.4. The van der Waals surface area contributed by atoms with Gasteiger partial charge in [0.05, 0.1) is 7.11 Å². The van der Waals surface area contributed by atoms with E-state index in [2.05, 4.69) is 20.1 Å². The third kappa shape index (κ3) is 2.81. The minimum absolute atomic E-state index is 0.258. The Labute approximate surface area is 120 Å². The highest BCUT2D eigenvalue weighted by Gasteiger charge is 2.14. The lowest BCUT2D eigenvalue weighted by Gasteiger charge is -2.01. The summed E-state index contributed by atoms with van der Waals surface area (Å²) in [5.41, 5.74) is 7.15. The van der Waals surface area contributed by atoms with E-state index in [1.54, 1.807) is 7.11 Å². The van der Waals surface area contributed by atoms with Crippen LogP contribution >= 0.6 is 0 Å². The summed E-state index contributed by atoms with van der Waals surface area (Å²) in [6.45, 7) is 0. The summed E-state index contributed by atoms with van der Waals surface area (Å²) in [6, 6.07) is 7.68. The molecule has 0 aliphatic carbocycles. The van der Waals surface area contributed by atoms with Crippen LogP contribution in [0.5, 0.6) is 5.75 Å². The van der Waals surface area contributed by atoms with Crippen molar-refractivity contribution in [2.24, 2.45) is 0 Å². The largest absolute Gasteiger partial charge is 0.497 e. The smallest absolute Gasteiger partial charge is 0.280 e. The van der Waals surface area contributed by atoms with E-state index in [1.807, 2.05) is 24.3 Å². The molecular formula is C14H13N5O2. The van der Waals surface area contributed by atoms with Crippen molar-refractivity contribution in [3.05, 3.63) is 48.0 Å². The van der Waals surface area contributed by atoms with E-state index in [1.165, 1.54) is 12.4 Å². The molecule has 0 radical (unpaired) electrons. The molecule has 3 rings (SSSR count). The number of aromatic nitrogens is 4. The summed E-state index contributed by atoms with van der Waals surface area (Å²) in [4.78, 5) is 12.3. The quantitative estimate of drug-likeness (QED) is 0.777. The minimum atomic E-state index is 0.258. The maximum Gasteiger partial charge on any atom is 0.280 e. The van der Waals surface area contributed by atoms with Gasteiger partial charge in [-0.3, -0.25) is 0 Å². The Morgan fingerprint density at radius 3 is 2.90 bits per heavy atom. The topological polar surface area (TPSA) is 100.0 Å². The fourth-order valence-electron chi connectivity index (χ4n) is 1.90. The van der Waals surface area contributed by atoms with Crippen LogP contribution in [0.25, 0.3) is 11.6 Å². The molecule has 2 aromatic heterocycles. The summed E-state index contributed by atoms with van der Waals surface area (Å²) in [5, 5.41) is 3.93. The van der Waals surface area contributed by atoms with Crippen LogP contribution in [0.3, 0.4) is 0 Å². The fourth-order valence-corrected chi connectivity index (χ4v) is 1.90. The molecular weight excluding hydrogens is 270 g/mol. The van der Waals surface area contributed by atoms with Crippen molar-refractivity contribution in [1.82, 2.24) is 20.1 Å². The van der Waals surface area contributed by atoms with E-state index in [0.29, 0.717) is 17.9 Å². The van der Waals surface area contributed by atoms with E-state index in [-0.39, 0.29) is 11.7 Å². The van der Waals surface area contributed by atoms with Crippen molar-refractivity contribution in [3.63, 3.8) is 0 Å². The van der Waals surface area contributed by atoms with Crippen LogP contribution in [-0.4, -0.2) is 27.2 Å². The summed E-state index contributed by atoms with van der Waals surface area (Å²) < 4.78 is 10.4. The van der Waals surface area contributed by atoms with Crippen LogP contribution in [0.1, 0.15) is 11.4 Å². The highest BCUT2D eigenvalue weighted by Crippen LogP contribution is 2.20. The maximum absolute atomic E-state index is 5.73. The molecule has 0 spiro atoms. The molecule has 0 atom stereocenters. The number of methoxy groups -OCH3 is 1. The second-order valence-electron chi connectivity index (χ2n) is 4.33. The predicted octanol–water partition coefficient (Wildman–Crippen LogP) is 1.71. The second-order valence-corrected chi connectivity index (χ2v) is 4.33. The number of rotatable bonds is 4. The molecule has 2 heterocycles. The second kappa shape index (κ2) is 5.58. The van der Waals surface area contributed by atoms with Gasteiger partial charge in [-0.15, -0.1) is 0 Å². The standard InChI is InChI=1S/C14H13N5O2/c1-20-10-4-2-3-9(7-10)8-11-18-14(21-19-11)12-13(15)17-6-5-16-12/h2-7H,8H2,1H3,(H2,15,17). The number of benzene rings is 1. The van der Waals surface area contributed by atoms with E-state index in [4.69, 9.17) is 15.0 Å². The molecule has 0 saturated carbocycles. The zero-order chi connectivity index (χ0) is 14.7. The summed E-state index contributed by atoms with van der Waals surface area (Å²) in [5.74, 6) is 1.85. The highest BCUT2D eigenvalue weighted by atomic mass is 16.5. The molecule has 0 saturated heterocycles. The molecule has 0 fully saturated rings. The number of hydrogen-bond acceptors (Lipinski definition) is 7. The van der Waals surface area contributed by atoms with Crippen molar-refractivity contribution >= 4 is 5.82 Å². The average molecular weight is 283 g/mol. The van der Waals surface area contributed by atoms with Gasteiger partial charge in [0.25, 0.3) is 5.89 Å². The summed E-state index contributed by atoms with van der Waals surface area (Å²) in [7, 11) is 1.63. The lowest BCUT2D eigenvalue weighted by atomic mass is 10.1. The molecule has 3 aromatic rings. The summed E-state index contributed by atoms with van der Waals surface area (Å²) in [6.07, 6.45) is 3.56. The molecule has 7 heteroatoms. The van der Waals surface area contributed by atoms with Gasteiger partial charge in [0, 0.05) is 18.8 Å².